The van der Waals surface area contributed by atoms with Gasteiger partial charge in [0.2, 0.25) is 0 Å². The van der Waals surface area contributed by atoms with Crippen molar-refractivity contribution in [2.45, 2.75) is 89.9 Å². The highest BCUT2D eigenvalue weighted by molar-refractivity contribution is 5.71. The van der Waals surface area contributed by atoms with Crippen LogP contribution in [-0.4, -0.2) is 0 Å². The Morgan fingerprint density at radius 2 is 1.34 bits per heavy atom. The van der Waals surface area contributed by atoms with Gasteiger partial charge in [-0.3, -0.25) is 0 Å². The van der Waals surface area contributed by atoms with E-state index in [0.717, 1.165) is 61.6 Å². The van der Waals surface area contributed by atoms with Gasteiger partial charge >= 0.3 is 0 Å². The molecule has 3 aromatic rings. The van der Waals surface area contributed by atoms with Gasteiger partial charge in [-0.1, -0.05) is 100 Å². The van der Waals surface area contributed by atoms with Crippen LogP contribution in [0.15, 0.2) is 67.3 Å². The Balaban J connectivity index is 1.39. The largest absolute Gasteiger partial charge is 0.207 e. The van der Waals surface area contributed by atoms with Gasteiger partial charge < -0.3 is 0 Å². The van der Waals surface area contributed by atoms with Crippen LogP contribution in [0.3, 0.4) is 0 Å². The van der Waals surface area contributed by atoms with Gasteiger partial charge in [0.15, 0.2) is 11.6 Å². The summed E-state index contributed by atoms with van der Waals surface area (Å²) in [6.07, 6.45) is 14.7. The minimum absolute atomic E-state index is 0.168. The van der Waals surface area contributed by atoms with Crippen molar-refractivity contribution in [3.63, 3.8) is 0 Å². The monoisotopic (exact) mass is 518 g/mol. The van der Waals surface area contributed by atoms with Gasteiger partial charge in [0.25, 0.3) is 0 Å². The molecular weight excluding hydrogens is 477 g/mol. The summed E-state index contributed by atoms with van der Waals surface area (Å²) in [5.41, 5.74) is 3.75. The lowest BCUT2D eigenvalue weighted by Gasteiger charge is -2.27. The second-order valence-corrected chi connectivity index (χ2v) is 10.9. The minimum atomic E-state index is -0.792. The number of aryl methyl sites for hydroxylation is 1. The summed E-state index contributed by atoms with van der Waals surface area (Å²) in [5, 5.41) is 0. The predicted molar refractivity (Wildman–Crippen MR) is 154 cm³/mol. The highest BCUT2D eigenvalue weighted by Crippen LogP contribution is 2.38. The molecular formula is C35H41F3. The van der Waals surface area contributed by atoms with Crippen molar-refractivity contribution in [1.29, 1.82) is 0 Å². The lowest BCUT2D eigenvalue weighted by molar-refractivity contribution is 0.369. The van der Waals surface area contributed by atoms with E-state index in [1.807, 2.05) is 30.3 Å². The summed E-state index contributed by atoms with van der Waals surface area (Å²) in [7, 11) is 0. The Kier molecular flexibility index (Phi) is 10.3. The molecule has 202 valence electrons. The number of benzene rings is 3. The molecule has 0 aromatic heterocycles. The van der Waals surface area contributed by atoms with Crippen LogP contribution in [0, 0.1) is 23.4 Å². The fraction of sp³-hybridized carbons (Fsp3) is 0.429. The van der Waals surface area contributed by atoms with Crippen molar-refractivity contribution in [1.82, 2.24) is 0 Å². The molecule has 1 aliphatic rings. The van der Waals surface area contributed by atoms with E-state index in [0.29, 0.717) is 23.5 Å². The van der Waals surface area contributed by atoms with Crippen LogP contribution in [0.5, 0.6) is 0 Å². The van der Waals surface area contributed by atoms with E-state index in [1.54, 1.807) is 30.3 Å². The Labute approximate surface area is 227 Å². The molecule has 0 heterocycles. The van der Waals surface area contributed by atoms with E-state index in [-0.39, 0.29) is 17.3 Å². The highest BCUT2D eigenvalue weighted by atomic mass is 19.2. The molecule has 3 aromatic carbocycles. The van der Waals surface area contributed by atoms with Crippen molar-refractivity contribution >= 4 is 0 Å². The normalized spacial score (nSPS) is 17.5. The maximum atomic E-state index is 15.0. The van der Waals surface area contributed by atoms with E-state index >= 15 is 4.39 Å². The first-order chi connectivity index (χ1) is 18.5. The molecule has 4 rings (SSSR count). The summed E-state index contributed by atoms with van der Waals surface area (Å²) in [5.74, 6) is -0.892. The summed E-state index contributed by atoms with van der Waals surface area (Å²) < 4.78 is 44.8. The number of unbranched alkanes of at least 4 members (excludes halogenated alkanes) is 6. The first-order valence-corrected chi connectivity index (χ1v) is 14.5. The first-order valence-electron chi connectivity index (χ1n) is 14.5. The molecule has 0 bridgehead atoms. The Morgan fingerprint density at radius 1 is 0.711 bits per heavy atom. The standard InChI is InChI=1S/C35H41F3/c1-3-5-6-7-8-9-10-11-29-20-23-32(35(38)34(29)37)28-18-16-26(17-19-28)30-21-22-31(33(36)24-30)27-14-12-25(4-2)13-15-27/h4,16-25,27H,2-3,5-15H2,1H3. The topological polar surface area (TPSA) is 0 Å². The van der Waals surface area contributed by atoms with Crippen molar-refractivity contribution in [3.05, 3.63) is 95.8 Å². The zero-order valence-corrected chi connectivity index (χ0v) is 22.8. The number of hydrogen-bond donors (Lipinski definition) is 0. The van der Waals surface area contributed by atoms with Crippen LogP contribution < -0.4 is 0 Å². The van der Waals surface area contributed by atoms with Crippen LogP contribution in [-0.2, 0) is 6.42 Å². The lowest BCUT2D eigenvalue weighted by Crippen LogP contribution is -2.12. The fourth-order valence-electron chi connectivity index (χ4n) is 5.82. The predicted octanol–water partition coefficient (Wildman–Crippen LogP) is 11.2. The zero-order chi connectivity index (χ0) is 26.9. The second-order valence-electron chi connectivity index (χ2n) is 10.9. The maximum absolute atomic E-state index is 15.0. The van der Waals surface area contributed by atoms with Crippen LogP contribution in [0.25, 0.3) is 22.3 Å². The number of hydrogen-bond acceptors (Lipinski definition) is 0. The molecule has 0 N–H and O–H groups in total. The number of allylic oxidation sites excluding steroid dienone is 1. The SMILES string of the molecule is C=CC1CCC(c2ccc(-c3ccc(-c4ccc(CCCCCCCCC)c(F)c4F)cc3)cc2F)CC1. The highest BCUT2D eigenvalue weighted by Gasteiger charge is 2.23. The van der Waals surface area contributed by atoms with Gasteiger partial charge in [-0.2, -0.15) is 0 Å². The van der Waals surface area contributed by atoms with E-state index in [9.17, 15) is 8.78 Å². The van der Waals surface area contributed by atoms with Gasteiger partial charge in [-0.05, 0) is 84.2 Å². The quantitative estimate of drug-likeness (QED) is 0.165. The van der Waals surface area contributed by atoms with Gasteiger partial charge in [0, 0.05) is 5.56 Å². The Morgan fingerprint density at radius 3 is 2.00 bits per heavy atom. The Hall–Kier alpha value is -2.81. The Bertz CT molecular complexity index is 1190. The van der Waals surface area contributed by atoms with E-state index < -0.39 is 11.6 Å². The zero-order valence-electron chi connectivity index (χ0n) is 22.8. The summed E-state index contributed by atoms with van der Waals surface area (Å²) in [4.78, 5) is 0. The summed E-state index contributed by atoms with van der Waals surface area (Å²) >= 11 is 0. The molecule has 3 heteroatoms. The second kappa shape index (κ2) is 13.8. The van der Waals surface area contributed by atoms with Gasteiger partial charge in [0.05, 0.1) is 0 Å². The van der Waals surface area contributed by atoms with Crippen LogP contribution in [0.1, 0.15) is 94.6 Å². The van der Waals surface area contributed by atoms with E-state index in [1.165, 1.54) is 25.7 Å². The molecule has 0 spiro atoms. The lowest BCUT2D eigenvalue weighted by atomic mass is 9.78. The molecule has 38 heavy (non-hydrogen) atoms. The summed E-state index contributed by atoms with van der Waals surface area (Å²) in [6.45, 7) is 6.09. The molecule has 0 aliphatic heterocycles. The third-order valence-corrected chi connectivity index (χ3v) is 8.29. The van der Waals surface area contributed by atoms with Crippen molar-refractivity contribution < 1.29 is 13.2 Å². The molecule has 0 nitrogen and oxygen atoms in total. The van der Waals surface area contributed by atoms with Crippen LogP contribution in [0.4, 0.5) is 13.2 Å². The van der Waals surface area contributed by atoms with Gasteiger partial charge in [-0.15, -0.1) is 6.58 Å². The minimum Gasteiger partial charge on any atom is -0.207 e. The number of rotatable bonds is 12. The first kappa shape index (κ1) is 28.2. The molecule has 1 aliphatic carbocycles. The number of halogens is 3. The van der Waals surface area contributed by atoms with Crippen molar-refractivity contribution in [3.8, 4) is 22.3 Å². The average Bonchev–Trinajstić information content (AvgIpc) is 2.95. The molecule has 1 fully saturated rings. The molecule has 1 saturated carbocycles. The van der Waals surface area contributed by atoms with Crippen LogP contribution >= 0.6 is 0 Å². The van der Waals surface area contributed by atoms with Crippen LogP contribution in [0.2, 0.25) is 0 Å². The van der Waals surface area contributed by atoms with Crippen molar-refractivity contribution in [2.24, 2.45) is 5.92 Å². The molecule has 0 atom stereocenters. The van der Waals surface area contributed by atoms with Gasteiger partial charge in [-0.25, -0.2) is 13.2 Å². The van der Waals surface area contributed by atoms with Gasteiger partial charge in [0.1, 0.15) is 5.82 Å². The molecule has 0 radical (unpaired) electrons. The van der Waals surface area contributed by atoms with Crippen molar-refractivity contribution in [2.75, 3.05) is 0 Å². The van der Waals surface area contributed by atoms with E-state index in [4.69, 9.17) is 0 Å². The average molecular weight is 519 g/mol. The third-order valence-electron chi connectivity index (χ3n) is 8.29. The smallest absolute Gasteiger partial charge is 0.166 e. The molecule has 0 unspecified atom stereocenters. The third kappa shape index (κ3) is 6.98. The molecule has 0 saturated heterocycles. The summed E-state index contributed by atoms with van der Waals surface area (Å²) in [6, 6.07) is 16.1. The molecule has 0 amide bonds. The fourth-order valence-corrected chi connectivity index (χ4v) is 5.82. The maximum Gasteiger partial charge on any atom is 0.166 e. The van der Waals surface area contributed by atoms with E-state index in [2.05, 4.69) is 13.5 Å².